The van der Waals surface area contributed by atoms with Crippen molar-refractivity contribution in [2.75, 3.05) is 0 Å². The second kappa shape index (κ2) is 4.09. The van der Waals surface area contributed by atoms with Crippen molar-refractivity contribution in [1.29, 1.82) is 0 Å². The first-order valence-corrected chi connectivity index (χ1v) is 4.86. The highest BCUT2D eigenvalue weighted by molar-refractivity contribution is 5.84. The molecule has 0 N–H and O–H groups in total. The Balaban J connectivity index is 2.27. The molecule has 3 heteroatoms. The summed E-state index contributed by atoms with van der Waals surface area (Å²) in [6.45, 7) is 4.03. The van der Waals surface area contributed by atoms with Crippen LogP contribution in [0.1, 0.15) is 12.5 Å². The number of imidazole rings is 1. The molecule has 1 heterocycles. The van der Waals surface area contributed by atoms with Crippen molar-refractivity contribution >= 4 is 11.5 Å². The van der Waals surface area contributed by atoms with E-state index in [1.807, 2.05) is 29.8 Å². The van der Waals surface area contributed by atoms with Crippen molar-refractivity contribution in [2.24, 2.45) is 4.99 Å². The number of nitrogens with zero attached hydrogens (tertiary/aromatic N) is 3. The minimum Gasteiger partial charge on any atom is -0.294 e. The van der Waals surface area contributed by atoms with Crippen LogP contribution in [0.5, 0.6) is 0 Å². The maximum absolute atomic E-state index is 4.48. The van der Waals surface area contributed by atoms with Gasteiger partial charge in [0.1, 0.15) is 12.2 Å². The van der Waals surface area contributed by atoms with E-state index in [2.05, 4.69) is 29.0 Å². The number of aliphatic imine (C=N–C) groups is 1. The zero-order valence-electron chi connectivity index (χ0n) is 8.88. The minimum atomic E-state index is 0.913. The highest BCUT2D eigenvalue weighted by Crippen LogP contribution is 2.12. The summed E-state index contributed by atoms with van der Waals surface area (Å²) in [5.74, 6) is 0.913. The smallest absolute Gasteiger partial charge is 0.111 e. The Kier molecular flexibility index (Phi) is 2.63. The minimum absolute atomic E-state index is 0.913. The maximum atomic E-state index is 4.48. The van der Waals surface area contributed by atoms with Crippen molar-refractivity contribution in [3.63, 3.8) is 0 Å². The molecule has 0 amide bonds. The van der Waals surface area contributed by atoms with Gasteiger partial charge in [-0.3, -0.25) is 4.57 Å². The van der Waals surface area contributed by atoms with Gasteiger partial charge in [0, 0.05) is 12.4 Å². The molecule has 0 spiro atoms. The van der Waals surface area contributed by atoms with Gasteiger partial charge in [0.15, 0.2) is 0 Å². The molecular formula is C12H13N3. The summed E-state index contributed by atoms with van der Waals surface area (Å²) in [5.41, 5.74) is 2.21. The summed E-state index contributed by atoms with van der Waals surface area (Å²) in [4.78, 5) is 8.46. The predicted molar refractivity (Wildman–Crippen MR) is 61.6 cm³/mol. The molecule has 0 saturated carbocycles. The summed E-state index contributed by atoms with van der Waals surface area (Å²) in [7, 11) is 0. The van der Waals surface area contributed by atoms with Crippen molar-refractivity contribution in [2.45, 2.75) is 13.8 Å². The van der Waals surface area contributed by atoms with Gasteiger partial charge in [0.05, 0.1) is 5.69 Å². The number of benzene rings is 1. The summed E-state index contributed by atoms with van der Waals surface area (Å²) in [6, 6.07) is 8.13. The van der Waals surface area contributed by atoms with Gasteiger partial charge in [-0.05, 0) is 26.0 Å². The lowest BCUT2D eigenvalue weighted by atomic mass is 10.2. The van der Waals surface area contributed by atoms with Gasteiger partial charge in [-0.15, -0.1) is 0 Å². The Morgan fingerprint density at radius 3 is 2.60 bits per heavy atom. The van der Waals surface area contributed by atoms with E-state index in [0.717, 1.165) is 11.5 Å². The monoisotopic (exact) mass is 199 g/mol. The van der Waals surface area contributed by atoms with E-state index in [1.54, 1.807) is 12.5 Å². The summed E-state index contributed by atoms with van der Waals surface area (Å²) in [6.07, 6.45) is 5.37. The van der Waals surface area contributed by atoms with Crippen LogP contribution in [0.4, 0.5) is 5.69 Å². The van der Waals surface area contributed by atoms with E-state index in [1.165, 1.54) is 5.56 Å². The van der Waals surface area contributed by atoms with E-state index < -0.39 is 0 Å². The van der Waals surface area contributed by atoms with Crippen molar-refractivity contribution in [1.82, 2.24) is 9.55 Å². The average Bonchev–Trinajstić information content (AvgIpc) is 2.74. The van der Waals surface area contributed by atoms with Crippen LogP contribution in [0, 0.1) is 6.92 Å². The van der Waals surface area contributed by atoms with E-state index in [0.29, 0.717) is 0 Å². The molecule has 0 radical (unpaired) electrons. The normalized spacial score (nSPS) is 11.7. The van der Waals surface area contributed by atoms with Gasteiger partial charge in [-0.1, -0.05) is 17.7 Å². The van der Waals surface area contributed by atoms with Gasteiger partial charge in [-0.25, -0.2) is 9.98 Å². The molecule has 3 nitrogen and oxygen atoms in total. The maximum Gasteiger partial charge on any atom is 0.111 e. The fraction of sp³-hybridized carbons (Fsp3) is 0.167. The van der Waals surface area contributed by atoms with E-state index in [4.69, 9.17) is 0 Å². The first-order valence-electron chi connectivity index (χ1n) is 4.86. The second-order valence-corrected chi connectivity index (χ2v) is 3.46. The van der Waals surface area contributed by atoms with Crippen molar-refractivity contribution < 1.29 is 0 Å². The Morgan fingerprint density at radius 1 is 1.27 bits per heavy atom. The first kappa shape index (κ1) is 9.65. The molecule has 0 fully saturated rings. The molecule has 0 aliphatic rings. The van der Waals surface area contributed by atoms with Gasteiger partial charge in [0.2, 0.25) is 0 Å². The third-order valence-electron chi connectivity index (χ3n) is 2.20. The van der Waals surface area contributed by atoms with Crippen LogP contribution < -0.4 is 0 Å². The fourth-order valence-corrected chi connectivity index (χ4v) is 1.31. The molecule has 1 aromatic heterocycles. The number of aryl methyl sites for hydroxylation is 1. The molecule has 76 valence electrons. The van der Waals surface area contributed by atoms with E-state index in [9.17, 15) is 0 Å². The van der Waals surface area contributed by atoms with Crippen molar-refractivity contribution in [3.05, 3.63) is 48.5 Å². The average molecular weight is 199 g/mol. The molecule has 0 bridgehead atoms. The third kappa shape index (κ3) is 2.31. The fourth-order valence-electron chi connectivity index (χ4n) is 1.31. The lowest BCUT2D eigenvalue weighted by molar-refractivity contribution is 1.11. The topological polar surface area (TPSA) is 30.2 Å². The predicted octanol–water partition coefficient (Wildman–Crippen LogP) is 2.79. The third-order valence-corrected chi connectivity index (χ3v) is 2.20. The zero-order chi connectivity index (χ0) is 10.7. The Labute approximate surface area is 89.1 Å². The Hall–Kier alpha value is -1.90. The molecule has 2 rings (SSSR count). The zero-order valence-corrected chi connectivity index (χ0v) is 8.88. The molecule has 0 aliphatic carbocycles. The van der Waals surface area contributed by atoms with Gasteiger partial charge < -0.3 is 0 Å². The van der Waals surface area contributed by atoms with E-state index in [-0.39, 0.29) is 0 Å². The SMILES string of the molecule is CC(=Nc1ccc(C)cc1)n1ccnc1. The van der Waals surface area contributed by atoms with Gasteiger partial charge >= 0.3 is 0 Å². The highest BCUT2D eigenvalue weighted by Gasteiger charge is 1.94. The van der Waals surface area contributed by atoms with Crippen LogP contribution in [0.2, 0.25) is 0 Å². The van der Waals surface area contributed by atoms with Crippen LogP contribution in [-0.4, -0.2) is 15.4 Å². The number of rotatable bonds is 1. The molecule has 1 aromatic carbocycles. The lowest BCUT2D eigenvalue weighted by Crippen LogP contribution is -2.03. The van der Waals surface area contributed by atoms with Crippen LogP contribution in [-0.2, 0) is 0 Å². The largest absolute Gasteiger partial charge is 0.294 e. The van der Waals surface area contributed by atoms with Crippen LogP contribution in [0.3, 0.4) is 0 Å². The Bertz CT molecular complexity index is 452. The molecule has 2 aromatic rings. The summed E-state index contributed by atoms with van der Waals surface area (Å²) in [5, 5.41) is 0. The standard InChI is InChI=1S/C12H13N3/c1-10-3-5-12(6-4-10)14-11(2)15-8-7-13-9-15/h3-9H,1-2H3. The van der Waals surface area contributed by atoms with Crippen LogP contribution in [0.25, 0.3) is 0 Å². The van der Waals surface area contributed by atoms with Crippen LogP contribution >= 0.6 is 0 Å². The summed E-state index contributed by atoms with van der Waals surface area (Å²) < 4.78 is 1.89. The first-order chi connectivity index (χ1) is 7.25. The van der Waals surface area contributed by atoms with Crippen LogP contribution in [0.15, 0.2) is 48.0 Å². The number of aromatic nitrogens is 2. The lowest BCUT2D eigenvalue weighted by Gasteiger charge is -2.01. The second-order valence-electron chi connectivity index (χ2n) is 3.46. The molecule has 0 unspecified atom stereocenters. The molecule has 0 atom stereocenters. The molecular weight excluding hydrogens is 186 g/mol. The quantitative estimate of drug-likeness (QED) is 0.513. The molecule has 15 heavy (non-hydrogen) atoms. The Morgan fingerprint density at radius 2 is 2.00 bits per heavy atom. The number of hydrogen-bond donors (Lipinski definition) is 0. The van der Waals surface area contributed by atoms with E-state index >= 15 is 0 Å². The van der Waals surface area contributed by atoms with Gasteiger partial charge in [-0.2, -0.15) is 0 Å². The summed E-state index contributed by atoms with van der Waals surface area (Å²) >= 11 is 0. The molecule has 0 saturated heterocycles. The molecule has 0 aliphatic heterocycles. The highest BCUT2D eigenvalue weighted by atomic mass is 15.1. The number of hydrogen-bond acceptors (Lipinski definition) is 2. The van der Waals surface area contributed by atoms with Gasteiger partial charge in [0.25, 0.3) is 0 Å². The van der Waals surface area contributed by atoms with Crippen molar-refractivity contribution in [3.8, 4) is 0 Å².